The van der Waals surface area contributed by atoms with E-state index in [-0.39, 0.29) is 57.2 Å². The van der Waals surface area contributed by atoms with Gasteiger partial charge in [-0.2, -0.15) is 0 Å². The Morgan fingerprint density at radius 3 is 2.34 bits per heavy atom. The van der Waals surface area contributed by atoms with Crippen LogP contribution in [0.15, 0.2) is 10.6 Å². The number of β-lactam (4-membered cyclic amide) rings is 1. The van der Waals surface area contributed by atoms with Crippen LogP contribution in [-0.2, 0) is 14.4 Å². The standard InChI is InChI=1S/C17H25N3O5S.3H2O/c1-7-12-11(8(2)21)16(23)20(12)13(17(24)25)14(7)26-9-5-10(18-6-9)15(22)19(3)4;;;/h7-12,18,21H,5-6H2,1-4H3,(H,24,25);3*1H2/t7-,8-,9+,10+,11-,12+;;;/m1.../s1. The second-order valence-corrected chi connectivity index (χ2v) is 8.78. The van der Waals surface area contributed by atoms with Gasteiger partial charge in [0.05, 0.1) is 24.1 Å². The molecule has 0 aromatic carbocycles. The third-order valence-corrected chi connectivity index (χ3v) is 6.95. The normalized spacial score (nSPS) is 31.0. The molecule has 2 fully saturated rings. The maximum atomic E-state index is 12.3. The number of nitrogens with zero attached hydrogens (tertiary/aromatic N) is 2. The summed E-state index contributed by atoms with van der Waals surface area (Å²) < 4.78 is 0. The van der Waals surface area contributed by atoms with Crippen LogP contribution in [-0.4, -0.2) is 98.3 Å². The van der Waals surface area contributed by atoms with Crippen molar-refractivity contribution in [1.29, 1.82) is 0 Å². The Balaban J connectivity index is 0.00000261. The second-order valence-electron chi connectivity index (χ2n) is 7.44. The molecular weight excluding hydrogens is 406 g/mol. The molecule has 0 spiro atoms. The Morgan fingerprint density at radius 2 is 1.86 bits per heavy atom. The van der Waals surface area contributed by atoms with Gasteiger partial charge in [-0.1, -0.05) is 6.92 Å². The van der Waals surface area contributed by atoms with Crippen molar-refractivity contribution in [2.45, 2.75) is 43.7 Å². The van der Waals surface area contributed by atoms with Gasteiger partial charge in [-0.05, 0) is 13.3 Å². The zero-order valence-corrected chi connectivity index (χ0v) is 17.6. The first-order chi connectivity index (χ1) is 12.1. The monoisotopic (exact) mass is 437 g/mol. The lowest BCUT2D eigenvalue weighted by molar-refractivity contribution is -0.163. The van der Waals surface area contributed by atoms with E-state index in [1.165, 1.54) is 16.7 Å². The van der Waals surface area contributed by atoms with Crippen LogP contribution in [0.2, 0.25) is 0 Å². The summed E-state index contributed by atoms with van der Waals surface area (Å²) in [6.07, 6.45) is -0.190. The van der Waals surface area contributed by atoms with Gasteiger partial charge in [-0.3, -0.25) is 9.59 Å². The van der Waals surface area contributed by atoms with Crippen LogP contribution in [0.3, 0.4) is 0 Å². The third kappa shape index (κ3) is 4.42. The number of nitrogens with one attached hydrogen (secondary N) is 1. The topological polar surface area (TPSA) is 205 Å². The van der Waals surface area contributed by atoms with E-state index in [9.17, 15) is 24.6 Å². The number of aliphatic hydroxyl groups excluding tert-OH is 1. The summed E-state index contributed by atoms with van der Waals surface area (Å²) >= 11 is 1.45. The van der Waals surface area contributed by atoms with Gasteiger partial charge in [0.1, 0.15) is 5.70 Å². The number of likely N-dealkylation sites (N-methyl/N-ethyl adjacent to an activating group) is 1. The summed E-state index contributed by atoms with van der Waals surface area (Å²) in [5.41, 5.74) is 0.0387. The predicted octanol–water partition coefficient (Wildman–Crippen LogP) is -2.78. The number of thioether (sulfide) groups is 1. The average Bonchev–Trinajstić information content (AvgIpc) is 3.09. The first kappa shape index (κ1) is 27.3. The highest BCUT2D eigenvalue weighted by Crippen LogP contribution is 2.51. The van der Waals surface area contributed by atoms with Gasteiger partial charge in [0.15, 0.2) is 0 Å². The lowest BCUT2D eigenvalue weighted by Gasteiger charge is -2.46. The molecule has 0 radical (unpaired) electrons. The molecule has 0 saturated carbocycles. The Bertz CT molecular complexity index is 684. The second kappa shape index (κ2) is 9.87. The maximum absolute atomic E-state index is 12.3. The molecule has 3 aliphatic heterocycles. The van der Waals surface area contributed by atoms with Gasteiger partial charge < -0.3 is 41.8 Å². The van der Waals surface area contributed by atoms with Crippen LogP contribution in [0.4, 0.5) is 0 Å². The molecule has 3 heterocycles. The SMILES string of the molecule is C[C@@H](O)[C@H]1C(=O)N2C(C(=O)O)=C(S[C@@H]3CN[C@H](C(=O)N(C)C)C3)[C@H](C)[C@@H]12.O.O.O. The van der Waals surface area contributed by atoms with Crippen molar-refractivity contribution in [3.63, 3.8) is 0 Å². The van der Waals surface area contributed by atoms with Gasteiger partial charge in [0.25, 0.3) is 0 Å². The van der Waals surface area contributed by atoms with Crippen LogP contribution in [0.5, 0.6) is 0 Å². The first-order valence-corrected chi connectivity index (χ1v) is 9.62. The number of carbonyl (C=O) groups excluding carboxylic acids is 2. The van der Waals surface area contributed by atoms with Crippen LogP contribution in [0.1, 0.15) is 20.3 Å². The maximum Gasteiger partial charge on any atom is 0.353 e. The van der Waals surface area contributed by atoms with E-state index in [1.54, 1.807) is 25.9 Å². The van der Waals surface area contributed by atoms with Crippen molar-refractivity contribution < 1.29 is 41.0 Å². The van der Waals surface area contributed by atoms with Crippen molar-refractivity contribution in [2.24, 2.45) is 11.8 Å². The fourth-order valence-electron chi connectivity index (χ4n) is 4.15. The highest BCUT2D eigenvalue weighted by Gasteiger charge is 2.60. The van der Waals surface area contributed by atoms with Crippen molar-refractivity contribution in [3.8, 4) is 0 Å². The number of carboxylic acids is 1. The molecule has 0 bridgehead atoms. The number of aliphatic carboxylic acids is 1. The molecule has 0 aromatic heterocycles. The Hall–Kier alpha value is -1.70. The summed E-state index contributed by atoms with van der Waals surface area (Å²) in [5.74, 6) is -2.14. The van der Waals surface area contributed by atoms with E-state index < -0.39 is 18.0 Å². The van der Waals surface area contributed by atoms with Gasteiger partial charge in [-0.15, -0.1) is 11.8 Å². The van der Waals surface area contributed by atoms with E-state index in [2.05, 4.69) is 5.32 Å². The number of fused-ring (bicyclic) bond motifs is 1. The van der Waals surface area contributed by atoms with E-state index in [4.69, 9.17) is 0 Å². The molecular formula is C17H31N3O8S. The number of amides is 2. The first-order valence-electron chi connectivity index (χ1n) is 8.75. The van der Waals surface area contributed by atoms with Gasteiger partial charge >= 0.3 is 5.97 Å². The summed E-state index contributed by atoms with van der Waals surface area (Å²) in [5, 5.41) is 22.8. The molecule has 168 valence electrons. The van der Waals surface area contributed by atoms with Crippen molar-refractivity contribution >= 4 is 29.5 Å². The van der Waals surface area contributed by atoms with Crippen LogP contribution >= 0.6 is 11.8 Å². The number of hydrogen-bond acceptors (Lipinski definition) is 6. The summed E-state index contributed by atoms with van der Waals surface area (Å²) in [6.45, 7) is 4.08. The third-order valence-electron chi connectivity index (χ3n) is 5.43. The molecule has 0 unspecified atom stereocenters. The minimum absolute atomic E-state index is 0. The Morgan fingerprint density at radius 1 is 1.28 bits per heavy atom. The van der Waals surface area contributed by atoms with E-state index in [0.717, 1.165) is 0 Å². The van der Waals surface area contributed by atoms with Crippen molar-refractivity contribution in [1.82, 2.24) is 15.1 Å². The number of hydrogen-bond donors (Lipinski definition) is 3. The number of aliphatic hydroxyl groups is 1. The highest BCUT2D eigenvalue weighted by atomic mass is 32.2. The molecule has 11 nitrogen and oxygen atoms in total. The lowest BCUT2D eigenvalue weighted by atomic mass is 9.79. The van der Waals surface area contributed by atoms with Crippen LogP contribution < -0.4 is 5.32 Å². The molecule has 3 rings (SSSR count). The molecule has 3 aliphatic rings. The Labute approximate surface area is 173 Å². The van der Waals surface area contributed by atoms with Crippen LogP contribution in [0.25, 0.3) is 0 Å². The largest absolute Gasteiger partial charge is 0.477 e. The van der Waals surface area contributed by atoms with E-state index in [0.29, 0.717) is 17.9 Å². The molecule has 9 N–H and O–H groups in total. The smallest absolute Gasteiger partial charge is 0.353 e. The Kier molecular flexibility index (Phi) is 9.29. The zero-order valence-electron chi connectivity index (χ0n) is 16.8. The summed E-state index contributed by atoms with van der Waals surface area (Å²) in [6, 6.07) is -0.568. The van der Waals surface area contributed by atoms with Crippen LogP contribution in [0, 0.1) is 11.8 Å². The molecule has 2 saturated heterocycles. The minimum Gasteiger partial charge on any atom is -0.477 e. The minimum atomic E-state index is -1.12. The van der Waals surface area contributed by atoms with Crippen molar-refractivity contribution in [3.05, 3.63) is 10.6 Å². The average molecular weight is 438 g/mol. The van der Waals surface area contributed by atoms with Crippen molar-refractivity contribution in [2.75, 3.05) is 20.6 Å². The molecule has 2 amide bonds. The molecule has 29 heavy (non-hydrogen) atoms. The lowest BCUT2D eigenvalue weighted by Crippen LogP contribution is -2.63. The van der Waals surface area contributed by atoms with Gasteiger partial charge in [0, 0.05) is 36.7 Å². The summed E-state index contributed by atoms with van der Waals surface area (Å²) in [7, 11) is 3.42. The number of rotatable bonds is 5. The quantitative estimate of drug-likeness (QED) is 0.385. The zero-order chi connectivity index (χ0) is 19.3. The molecule has 12 heteroatoms. The fourth-order valence-corrected chi connectivity index (χ4v) is 5.63. The number of carbonyl (C=O) groups is 3. The van der Waals surface area contributed by atoms with Gasteiger partial charge in [0.2, 0.25) is 11.8 Å². The molecule has 0 aliphatic carbocycles. The van der Waals surface area contributed by atoms with E-state index >= 15 is 0 Å². The fraction of sp³-hybridized carbons (Fsp3) is 0.706. The highest BCUT2D eigenvalue weighted by molar-refractivity contribution is 8.03. The predicted molar refractivity (Wildman–Crippen MR) is 107 cm³/mol. The molecule has 0 aromatic rings. The molecule has 6 atom stereocenters. The summed E-state index contributed by atoms with van der Waals surface area (Å²) in [4.78, 5) is 39.8. The van der Waals surface area contributed by atoms with E-state index in [1.807, 2.05) is 6.92 Å². The number of carboxylic acid groups (broad SMARTS) is 1. The van der Waals surface area contributed by atoms with Gasteiger partial charge in [-0.25, -0.2) is 4.79 Å².